The zero-order valence-corrected chi connectivity index (χ0v) is 15.0. The predicted octanol–water partition coefficient (Wildman–Crippen LogP) is 2.83. The van der Waals surface area contributed by atoms with Crippen molar-refractivity contribution in [1.82, 2.24) is 24.8 Å². The second-order valence-electron chi connectivity index (χ2n) is 6.73. The van der Waals surface area contributed by atoms with Gasteiger partial charge in [0.1, 0.15) is 17.3 Å². The van der Waals surface area contributed by atoms with E-state index in [0.717, 1.165) is 44.0 Å². The number of nitrogens with one attached hydrogen (secondary N) is 2. The molecule has 3 aromatic heterocycles. The number of carbonyl (C=O) groups is 1. The van der Waals surface area contributed by atoms with Gasteiger partial charge in [-0.05, 0) is 43.7 Å². The molecule has 1 fully saturated rings. The van der Waals surface area contributed by atoms with Crippen LogP contribution in [0.1, 0.15) is 40.8 Å². The molecule has 2 N–H and O–H groups in total. The van der Waals surface area contributed by atoms with E-state index < -0.39 is 0 Å². The molecule has 1 amide bonds. The number of aromatic amines is 1. The van der Waals surface area contributed by atoms with Crippen LogP contribution in [0.4, 0.5) is 5.82 Å². The summed E-state index contributed by atoms with van der Waals surface area (Å²) in [5.41, 5.74) is 1.38. The Balaban J connectivity index is 1.44. The van der Waals surface area contributed by atoms with E-state index >= 15 is 0 Å². The van der Waals surface area contributed by atoms with E-state index in [-0.39, 0.29) is 5.91 Å². The summed E-state index contributed by atoms with van der Waals surface area (Å²) in [6.07, 6.45) is 7.46. The van der Waals surface area contributed by atoms with Gasteiger partial charge in [-0.15, -0.1) is 0 Å². The lowest BCUT2D eigenvalue weighted by molar-refractivity contribution is 0.102. The van der Waals surface area contributed by atoms with E-state index in [0.29, 0.717) is 17.4 Å². The zero-order valence-electron chi connectivity index (χ0n) is 15.0. The number of imidazole rings is 1. The van der Waals surface area contributed by atoms with Crippen molar-refractivity contribution in [2.45, 2.75) is 25.3 Å². The molecule has 0 aliphatic carbocycles. The molecule has 1 unspecified atom stereocenters. The van der Waals surface area contributed by atoms with Gasteiger partial charge >= 0.3 is 0 Å². The number of nitrogens with zero attached hydrogens (tertiary/aromatic N) is 4. The number of hydrogen-bond donors (Lipinski definition) is 2. The van der Waals surface area contributed by atoms with Gasteiger partial charge in [0.2, 0.25) is 0 Å². The molecule has 27 heavy (non-hydrogen) atoms. The Morgan fingerprint density at radius 1 is 1.19 bits per heavy atom. The number of rotatable bonds is 5. The summed E-state index contributed by atoms with van der Waals surface area (Å²) in [7, 11) is 0. The Kier molecular flexibility index (Phi) is 5.20. The summed E-state index contributed by atoms with van der Waals surface area (Å²) in [4.78, 5) is 31.1. The number of hydrogen-bond acceptors (Lipinski definition) is 5. The molecule has 138 valence electrons. The van der Waals surface area contributed by atoms with Crippen LogP contribution in [0.3, 0.4) is 0 Å². The number of carbonyl (C=O) groups excluding carboxylic acids is 1. The largest absolute Gasteiger partial charge is 0.348 e. The summed E-state index contributed by atoms with van der Waals surface area (Å²) < 4.78 is 0. The van der Waals surface area contributed by atoms with Gasteiger partial charge in [-0.2, -0.15) is 0 Å². The Morgan fingerprint density at radius 2 is 2.15 bits per heavy atom. The Hall–Kier alpha value is -3.06. The Labute approximate surface area is 157 Å². The number of amides is 1. The van der Waals surface area contributed by atoms with Crippen molar-refractivity contribution >= 4 is 11.7 Å². The molecule has 7 nitrogen and oxygen atoms in total. The van der Waals surface area contributed by atoms with Crippen LogP contribution in [0.2, 0.25) is 0 Å². The van der Waals surface area contributed by atoms with Crippen LogP contribution in [0.25, 0.3) is 0 Å². The summed E-state index contributed by atoms with van der Waals surface area (Å²) in [5.74, 6) is 1.58. The highest BCUT2D eigenvalue weighted by molar-refractivity contribution is 6.02. The molecular formula is C20H22N6O. The summed E-state index contributed by atoms with van der Waals surface area (Å²) >= 11 is 0. The molecule has 1 saturated heterocycles. The van der Waals surface area contributed by atoms with E-state index in [4.69, 9.17) is 0 Å². The smallest absolute Gasteiger partial charge is 0.275 e. The number of H-pyrrole nitrogens is 1. The average molecular weight is 362 g/mol. The van der Waals surface area contributed by atoms with Gasteiger partial charge in [0.15, 0.2) is 0 Å². The van der Waals surface area contributed by atoms with Crippen LogP contribution >= 0.6 is 0 Å². The molecule has 0 saturated carbocycles. The molecule has 1 aliphatic rings. The van der Waals surface area contributed by atoms with Gasteiger partial charge in [0.25, 0.3) is 5.91 Å². The topological polar surface area (TPSA) is 86.8 Å². The maximum Gasteiger partial charge on any atom is 0.275 e. The fraction of sp³-hybridized carbons (Fsp3) is 0.300. The minimum atomic E-state index is -0.237. The van der Waals surface area contributed by atoms with Crippen LogP contribution in [0, 0.1) is 0 Å². The molecule has 0 radical (unpaired) electrons. The minimum absolute atomic E-state index is 0.237. The number of pyridine rings is 2. The monoisotopic (exact) mass is 362 g/mol. The lowest BCUT2D eigenvalue weighted by atomic mass is 9.94. The highest BCUT2D eigenvalue weighted by Crippen LogP contribution is 2.26. The lowest BCUT2D eigenvalue weighted by Crippen LogP contribution is -2.34. The van der Waals surface area contributed by atoms with Crippen molar-refractivity contribution in [1.29, 1.82) is 0 Å². The second-order valence-corrected chi connectivity index (χ2v) is 6.73. The first kappa shape index (κ1) is 17.4. The molecule has 7 heteroatoms. The van der Waals surface area contributed by atoms with E-state index in [1.165, 1.54) is 0 Å². The lowest BCUT2D eigenvalue weighted by Gasteiger charge is -2.31. The van der Waals surface area contributed by atoms with Crippen LogP contribution in [-0.4, -0.2) is 43.8 Å². The van der Waals surface area contributed by atoms with Crippen LogP contribution in [0.15, 0.2) is 55.0 Å². The molecular weight excluding hydrogens is 340 g/mol. The fourth-order valence-electron chi connectivity index (χ4n) is 3.46. The first-order valence-corrected chi connectivity index (χ1v) is 9.18. The van der Waals surface area contributed by atoms with E-state index in [1.54, 1.807) is 24.5 Å². The molecule has 4 heterocycles. The molecule has 1 aliphatic heterocycles. The normalized spacial score (nSPS) is 17.6. The molecule has 0 bridgehead atoms. The van der Waals surface area contributed by atoms with Crippen molar-refractivity contribution in [3.8, 4) is 0 Å². The van der Waals surface area contributed by atoms with E-state index in [9.17, 15) is 4.79 Å². The van der Waals surface area contributed by atoms with E-state index in [1.807, 2.05) is 30.5 Å². The maximum absolute atomic E-state index is 12.5. The van der Waals surface area contributed by atoms with Crippen LogP contribution in [0.5, 0.6) is 0 Å². The molecule has 0 aromatic carbocycles. The Morgan fingerprint density at radius 3 is 2.96 bits per heavy atom. The van der Waals surface area contributed by atoms with Gasteiger partial charge in [-0.3, -0.25) is 9.69 Å². The minimum Gasteiger partial charge on any atom is -0.348 e. The van der Waals surface area contributed by atoms with Crippen molar-refractivity contribution in [3.05, 3.63) is 72.2 Å². The van der Waals surface area contributed by atoms with Crippen molar-refractivity contribution < 1.29 is 4.79 Å². The molecule has 4 rings (SSSR count). The number of likely N-dealkylation sites (tertiary alicyclic amines) is 1. The van der Waals surface area contributed by atoms with Gasteiger partial charge in [0.05, 0.1) is 6.54 Å². The standard InChI is InChI=1S/C20H22N6O/c27-20(25-18-8-1-2-9-21-18)17-7-3-6-16(24-17)15-5-4-12-26(13-15)14-19-22-10-11-23-19/h1-3,6-11,15H,4-5,12-14H2,(H,22,23)(H,21,25,27). The first-order valence-electron chi connectivity index (χ1n) is 9.18. The second kappa shape index (κ2) is 8.09. The quantitative estimate of drug-likeness (QED) is 0.729. The predicted molar refractivity (Wildman–Crippen MR) is 102 cm³/mol. The molecule has 0 spiro atoms. The van der Waals surface area contributed by atoms with Gasteiger partial charge in [-0.1, -0.05) is 12.1 Å². The third-order valence-electron chi connectivity index (χ3n) is 4.76. The number of anilines is 1. The van der Waals surface area contributed by atoms with Crippen molar-refractivity contribution in [2.24, 2.45) is 0 Å². The first-order chi connectivity index (χ1) is 13.3. The molecule has 3 aromatic rings. The highest BCUT2D eigenvalue weighted by Gasteiger charge is 2.23. The third-order valence-corrected chi connectivity index (χ3v) is 4.76. The van der Waals surface area contributed by atoms with Crippen LogP contribution in [-0.2, 0) is 6.54 Å². The number of aromatic nitrogens is 4. The van der Waals surface area contributed by atoms with Crippen LogP contribution < -0.4 is 5.32 Å². The van der Waals surface area contributed by atoms with Gasteiger partial charge in [0, 0.05) is 36.7 Å². The summed E-state index contributed by atoms with van der Waals surface area (Å²) in [5, 5.41) is 2.79. The summed E-state index contributed by atoms with van der Waals surface area (Å²) in [6.45, 7) is 2.78. The van der Waals surface area contributed by atoms with Crippen molar-refractivity contribution in [3.63, 3.8) is 0 Å². The fourth-order valence-corrected chi connectivity index (χ4v) is 3.46. The highest BCUT2D eigenvalue weighted by atomic mass is 16.1. The van der Waals surface area contributed by atoms with Gasteiger partial charge in [-0.25, -0.2) is 15.0 Å². The zero-order chi connectivity index (χ0) is 18.5. The maximum atomic E-state index is 12.5. The van der Waals surface area contributed by atoms with Gasteiger partial charge < -0.3 is 10.3 Å². The third kappa shape index (κ3) is 4.38. The summed E-state index contributed by atoms with van der Waals surface area (Å²) in [6, 6.07) is 11.1. The average Bonchev–Trinajstić information content (AvgIpc) is 3.22. The SMILES string of the molecule is O=C(Nc1ccccn1)c1cccc(C2CCCN(Cc3ncc[nH]3)C2)n1. The Bertz CT molecular complexity index is 881. The number of piperidine rings is 1. The van der Waals surface area contributed by atoms with E-state index in [2.05, 4.69) is 30.2 Å². The van der Waals surface area contributed by atoms with Crippen molar-refractivity contribution in [2.75, 3.05) is 18.4 Å². The molecule has 1 atom stereocenters.